The fraction of sp³-hybridized carbons (Fsp3) is 0.611. The Balaban J connectivity index is 2.55. The highest BCUT2D eigenvalue weighted by Crippen LogP contribution is 2.24. The van der Waals surface area contributed by atoms with Crippen LogP contribution in [0.5, 0.6) is 0 Å². The van der Waals surface area contributed by atoms with Gasteiger partial charge in [-0.2, -0.15) is 0 Å². The molecule has 0 radical (unpaired) electrons. The van der Waals surface area contributed by atoms with E-state index in [9.17, 15) is 4.79 Å². The molecule has 0 bridgehead atoms. The highest BCUT2D eigenvalue weighted by molar-refractivity contribution is 5.77. The molecule has 0 aliphatic carbocycles. The minimum atomic E-state index is -1.11. The third-order valence-electron chi connectivity index (χ3n) is 4.46. The average Bonchev–Trinajstić information content (AvgIpc) is 2.40. The first kappa shape index (κ1) is 17.7. The summed E-state index contributed by atoms with van der Waals surface area (Å²) in [5.41, 5.74) is 8.88. The number of nitrogens with two attached hydrogens (primary N) is 1. The number of carboxylic acid groups (broad SMARTS) is 1. The van der Waals surface area contributed by atoms with Crippen molar-refractivity contribution in [2.45, 2.75) is 65.3 Å². The molecule has 3 nitrogen and oxygen atoms in total. The molecule has 2 unspecified atom stereocenters. The van der Waals surface area contributed by atoms with E-state index in [1.165, 1.54) is 16.7 Å². The van der Waals surface area contributed by atoms with Crippen molar-refractivity contribution in [1.29, 1.82) is 0 Å². The van der Waals surface area contributed by atoms with E-state index in [4.69, 9.17) is 10.8 Å². The lowest BCUT2D eigenvalue weighted by molar-refractivity contribution is -0.143. The van der Waals surface area contributed by atoms with Crippen LogP contribution in [0.4, 0.5) is 0 Å². The van der Waals surface area contributed by atoms with Crippen molar-refractivity contribution in [3.05, 3.63) is 34.9 Å². The molecule has 0 fully saturated rings. The average molecular weight is 291 g/mol. The molecule has 0 spiro atoms. The summed E-state index contributed by atoms with van der Waals surface area (Å²) in [6.45, 7) is 8.03. The molecule has 0 saturated carbocycles. The molecule has 0 aliphatic heterocycles. The number of rotatable bonds is 8. The minimum absolute atomic E-state index is 0.375. The van der Waals surface area contributed by atoms with Crippen LogP contribution in [0.15, 0.2) is 18.2 Å². The van der Waals surface area contributed by atoms with E-state index in [1.54, 1.807) is 6.92 Å². The maximum atomic E-state index is 11.1. The Hall–Kier alpha value is -1.35. The van der Waals surface area contributed by atoms with Gasteiger partial charge in [0.15, 0.2) is 0 Å². The fourth-order valence-corrected chi connectivity index (χ4v) is 2.95. The fourth-order valence-electron chi connectivity index (χ4n) is 2.95. The van der Waals surface area contributed by atoms with E-state index < -0.39 is 11.5 Å². The van der Waals surface area contributed by atoms with Gasteiger partial charge in [0.25, 0.3) is 0 Å². The summed E-state index contributed by atoms with van der Waals surface area (Å²) in [4.78, 5) is 11.1. The maximum Gasteiger partial charge on any atom is 0.323 e. The van der Waals surface area contributed by atoms with Gasteiger partial charge in [0, 0.05) is 0 Å². The van der Waals surface area contributed by atoms with Crippen LogP contribution in [-0.4, -0.2) is 16.6 Å². The second-order valence-corrected chi connectivity index (χ2v) is 6.46. The number of hydrogen-bond donors (Lipinski definition) is 2. The Bertz CT molecular complexity index is 460. The summed E-state index contributed by atoms with van der Waals surface area (Å²) >= 11 is 0. The lowest BCUT2D eigenvalue weighted by Crippen LogP contribution is -2.46. The van der Waals surface area contributed by atoms with E-state index in [1.807, 2.05) is 0 Å². The summed E-state index contributed by atoms with van der Waals surface area (Å²) in [5, 5.41) is 9.14. The SMILES string of the molecule is CCC(CCCc1c(C)cccc1C)CC(C)(N)C(=O)O. The van der Waals surface area contributed by atoms with Gasteiger partial charge < -0.3 is 10.8 Å². The first-order valence-electron chi connectivity index (χ1n) is 7.85. The number of carbonyl (C=O) groups is 1. The van der Waals surface area contributed by atoms with Crippen molar-refractivity contribution in [3.8, 4) is 0 Å². The van der Waals surface area contributed by atoms with E-state index >= 15 is 0 Å². The summed E-state index contributed by atoms with van der Waals surface area (Å²) in [7, 11) is 0. The molecule has 3 N–H and O–H groups in total. The molecule has 0 saturated heterocycles. The van der Waals surface area contributed by atoms with Crippen molar-refractivity contribution in [3.63, 3.8) is 0 Å². The lowest BCUT2D eigenvalue weighted by Gasteiger charge is -2.25. The van der Waals surface area contributed by atoms with Crippen LogP contribution in [-0.2, 0) is 11.2 Å². The van der Waals surface area contributed by atoms with Gasteiger partial charge in [0.05, 0.1) is 0 Å². The largest absolute Gasteiger partial charge is 0.480 e. The van der Waals surface area contributed by atoms with Crippen LogP contribution in [0.25, 0.3) is 0 Å². The van der Waals surface area contributed by atoms with Gasteiger partial charge in [-0.3, -0.25) is 4.79 Å². The zero-order valence-electron chi connectivity index (χ0n) is 13.8. The van der Waals surface area contributed by atoms with Gasteiger partial charge in [-0.15, -0.1) is 0 Å². The molecule has 0 amide bonds. The molecular formula is C18H29NO2. The Morgan fingerprint density at radius 2 is 1.90 bits per heavy atom. The van der Waals surface area contributed by atoms with Gasteiger partial charge in [-0.1, -0.05) is 38.0 Å². The molecule has 21 heavy (non-hydrogen) atoms. The Labute approximate surface area is 128 Å². The van der Waals surface area contributed by atoms with Crippen LogP contribution in [0.3, 0.4) is 0 Å². The standard InChI is InChI=1S/C18H29NO2/c1-5-15(12-18(4,19)17(20)21)10-7-11-16-13(2)8-6-9-14(16)3/h6,8-9,15H,5,7,10-12,19H2,1-4H3,(H,20,21). The zero-order valence-corrected chi connectivity index (χ0v) is 13.8. The van der Waals surface area contributed by atoms with Crippen molar-refractivity contribution in [1.82, 2.24) is 0 Å². The first-order chi connectivity index (χ1) is 9.77. The van der Waals surface area contributed by atoms with E-state index in [0.717, 1.165) is 25.7 Å². The predicted octanol–water partition coefficient (Wildman–Crippen LogP) is 3.84. The predicted molar refractivity (Wildman–Crippen MR) is 87.5 cm³/mol. The number of aliphatic carboxylic acids is 1. The van der Waals surface area contributed by atoms with E-state index in [0.29, 0.717) is 12.3 Å². The summed E-state index contributed by atoms with van der Waals surface area (Å²) in [5.74, 6) is -0.531. The van der Waals surface area contributed by atoms with Gasteiger partial charge in [0.1, 0.15) is 5.54 Å². The summed E-state index contributed by atoms with van der Waals surface area (Å²) < 4.78 is 0. The molecule has 2 atom stereocenters. The van der Waals surface area contributed by atoms with Gasteiger partial charge in [-0.25, -0.2) is 0 Å². The number of hydrogen-bond acceptors (Lipinski definition) is 2. The van der Waals surface area contributed by atoms with Crippen LogP contribution in [0.1, 0.15) is 56.2 Å². The second kappa shape index (κ2) is 7.60. The van der Waals surface area contributed by atoms with Crippen LogP contribution >= 0.6 is 0 Å². The Kier molecular flexibility index (Phi) is 6.41. The minimum Gasteiger partial charge on any atom is -0.480 e. The monoisotopic (exact) mass is 291 g/mol. The van der Waals surface area contributed by atoms with Crippen LogP contribution < -0.4 is 5.73 Å². The first-order valence-corrected chi connectivity index (χ1v) is 7.85. The number of benzene rings is 1. The van der Waals surface area contributed by atoms with Crippen molar-refractivity contribution in [2.75, 3.05) is 0 Å². The molecule has 0 heterocycles. The van der Waals surface area contributed by atoms with Gasteiger partial charge in [0.2, 0.25) is 0 Å². The second-order valence-electron chi connectivity index (χ2n) is 6.46. The summed E-state index contributed by atoms with van der Waals surface area (Å²) in [6.07, 6.45) is 4.70. The Morgan fingerprint density at radius 3 is 2.38 bits per heavy atom. The molecule has 1 aromatic rings. The number of aryl methyl sites for hydroxylation is 2. The third kappa shape index (κ3) is 5.16. The van der Waals surface area contributed by atoms with E-state index in [2.05, 4.69) is 39.0 Å². The summed E-state index contributed by atoms with van der Waals surface area (Å²) in [6, 6.07) is 6.40. The lowest BCUT2D eigenvalue weighted by atomic mass is 9.84. The molecule has 1 aromatic carbocycles. The van der Waals surface area contributed by atoms with Crippen molar-refractivity contribution < 1.29 is 9.90 Å². The highest BCUT2D eigenvalue weighted by atomic mass is 16.4. The number of carboxylic acids is 1. The molecule has 0 aliphatic rings. The van der Waals surface area contributed by atoms with Crippen molar-refractivity contribution in [2.24, 2.45) is 11.7 Å². The topological polar surface area (TPSA) is 63.3 Å². The maximum absolute atomic E-state index is 11.1. The normalized spacial score (nSPS) is 15.5. The quantitative estimate of drug-likeness (QED) is 0.764. The van der Waals surface area contributed by atoms with E-state index in [-0.39, 0.29) is 0 Å². The highest BCUT2D eigenvalue weighted by Gasteiger charge is 2.30. The molecule has 118 valence electrons. The zero-order chi connectivity index (χ0) is 16.0. The van der Waals surface area contributed by atoms with Gasteiger partial charge >= 0.3 is 5.97 Å². The van der Waals surface area contributed by atoms with Gasteiger partial charge in [-0.05, 0) is 62.6 Å². The van der Waals surface area contributed by atoms with Crippen LogP contribution in [0.2, 0.25) is 0 Å². The smallest absolute Gasteiger partial charge is 0.323 e. The molecule has 3 heteroatoms. The molecular weight excluding hydrogens is 262 g/mol. The third-order valence-corrected chi connectivity index (χ3v) is 4.46. The Morgan fingerprint density at radius 1 is 1.33 bits per heavy atom. The molecule has 1 rings (SSSR count). The van der Waals surface area contributed by atoms with Crippen molar-refractivity contribution >= 4 is 5.97 Å². The molecule has 0 aromatic heterocycles. The van der Waals surface area contributed by atoms with Crippen LogP contribution in [0, 0.1) is 19.8 Å².